The fourth-order valence-corrected chi connectivity index (χ4v) is 2.25. The van der Waals surface area contributed by atoms with Gasteiger partial charge in [0.2, 0.25) is 0 Å². The summed E-state index contributed by atoms with van der Waals surface area (Å²) in [5.41, 5.74) is 2.67. The summed E-state index contributed by atoms with van der Waals surface area (Å²) in [7, 11) is 2.18. The number of nitrogens with one attached hydrogen (secondary N) is 1. The van der Waals surface area contributed by atoms with Crippen molar-refractivity contribution in [3.05, 3.63) is 29.8 Å². The van der Waals surface area contributed by atoms with Crippen molar-refractivity contribution in [2.75, 3.05) is 25.5 Å². The quantitative estimate of drug-likeness (QED) is 0.839. The van der Waals surface area contributed by atoms with Crippen molar-refractivity contribution in [3.8, 4) is 0 Å². The lowest BCUT2D eigenvalue weighted by Crippen LogP contribution is -2.23. The Kier molecular flexibility index (Phi) is 3.49. The van der Waals surface area contributed by atoms with Crippen molar-refractivity contribution in [3.63, 3.8) is 0 Å². The summed E-state index contributed by atoms with van der Waals surface area (Å²) < 4.78 is 0. The van der Waals surface area contributed by atoms with E-state index in [-0.39, 0.29) is 0 Å². The van der Waals surface area contributed by atoms with Crippen LogP contribution in [0.3, 0.4) is 0 Å². The predicted octanol–water partition coefficient (Wildman–Crippen LogP) is 2.93. The molecule has 2 heteroatoms. The van der Waals surface area contributed by atoms with E-state index in [2.05, 4.69) is 55.4 Å². The summed E-state index contributed by atoms with van der Waals surface area (Å²) in [4.78, 5) is 2.38. The molecule has 88 valence electrons. The van der Waals surface area contributed by atoms with Crippen LogP contribution in [0.15, 0.2) is 24.3 Å². The van der Waals surface area contributed by atoms with Crippen LogP contribution in [0.25, 0.3) is 0 Å². The number of likely N-dealkylation sites (N-methyl/N-ethyl adjacent to an activating group) is 1. The molecule has 0 bridgehead atoms. The van der Waals surface area contributed by atoms with Gasteiger partial charge in [-0.2, -0.15) is 0 Å². The Morgan fingerprint density at radius 1 is 1.25 bits per heavy atom. The lowest BCUT2D eigenvalue weighted by molar-refractivity contribution is 0.414. The zero-order valence-electron chi connectivity index (χ0n) is 10.5. The van der Waals surface area contributed by atoms with Crippen LogP contribution in [-0.4, -0.2) is 31.1 Å². The summed E-state index contributed by atoms with van der Waals surface area (Å²) >= 11 is 0. The molecule has 1 aliphatic heterocycles. The summed E-state index contributed by atoms with van der Waals surface area (Å²) in [6.07, 6.45) is 1.25. The van der Waals surface area contributed by atoms with E-state index in [1.807, 2.05) is 0 Å². The van der Waals surface area contributed by atoms with Crippen LogP contribution < -0.4 is 5.32 Å². The molecule has 0 aromatic heterocycles. The van der Waals surface area contributed by atoms with Gasteiger partial charge < -0.3 is 10.2 Å². The van der Waals surface area contributed by atoms with E-state index in [0.717, 1.165) is 6.54 Å². The highest BCUT2D eigenvalue weighted by Crippen LogP contribution is 2.19. The molecule has 1 unspecified atom stereocenters. The molecule has 2 rings (SSSR count). The van der Waals surface area contributed by atoms with Gasteiger partial charge in [0.25, 0.3) is 0 Å². The van der Waals surface area contributed by atoms with E-state index in [1.54, 1.807) is 0 Å². The highest BCUT2D eigenvalue weighted by molar-refractivity contribution is 5.46. The SMILES string of the molecule is CC(C)c1ccc(NC2CCN(C)C2)cc1. The minimum atomic E-state index is 0.617. The first-order valence-corrected chi connectivity index (χ1v) is 6.20. The largest absolute Gasteiger partial charge is 0.381 e. The summed E-state index contributed by atoms with van der Waals surface area (Å²) in [5.74, 6) is 0.617. The average Bonchev–Trinajstić information content (AvgIpc) is 2.65. The molecule has 1 aliphatic rings. The van der Waals surface area contributed by atoms with E-state index < -0.39 is 0 Å². The molecule has 1 atom stereocenters. The van der Waals surface area contributed by atoms with Gasteiger partial charge in [0.05, 0.1) is 0 Å². The standard InChI is InChI=1S/C14H22N2/c1-11(2)12-4-6-13(7-5-12)15-14-8-9-16(3)10-14/h4-7,11,14-15H,8-10H2,1-3H3. The molecule has 2 nitrogen and oxygen atoms in total. The second-order valence-electron chi connectivity index (χ2n) is 5.17. The van der Waals surface area contributed by atoms with Gasteiger partial charge in [-0.25, -0.2) is 0 Å². The Morgan fingerprint density at radius 3 is 2.44 bits per heavy atom. The normalized spacial score (nSPS) is 21.6. The number of hydrogen-bond acceptors (Lipinski definition) is 2. The van der Waals surface area contributed by atoms with E-state index in [0.29, 0.717) is 12.0 Å². The molecule has 0 radical (unpaired) electrons. The second kappa shape index (κ2) is 4.88. The van der Waals surface area contributed by atoms with Crippen LogP contribution in [0.2, 0.25) is 0 Å². The van der Waals surface area contributed by atoms with Crippen LogP contribution in [0.5, 0.6) is 0 Å². The Morgan fingerprint density at radius 2 is 1.94 bits per heavy atom. The maximum atomic E-state index is 3.60. The molecule has 1 aromatic carbocycles. The zero-order valence-corrected chi connectivity index (χ0v) is 10.5. The lowest BCUT2D eigenvalue weighted by Gasteiger charge is -2.15. The van der Waals surface area contributed by atoms with Gasteiger partial charge in [0.1, 0.15) is 0 Å². The van der Waals surface area contributed by atoms with Gasteiger partial charge >= 0.3 is 0 Å². The summed E-state index contributed by atoms with van der Waals surface area (Å²) in [6.45, 7) is 6.83. The topological polar surface area (TPSA) is 15.3 Å². The van der Waals surface area contributed by atoms with Crippen LogP contribution in [-0.2, 0) is 0 Å². The van der Waals surface area contributed by atoms with E-state index in [4.69, 9.17) is 0 Å². The first kappa shape index (κ1) is 11.5. The predicted molar refractivity (Wildman–Crippen MR) is 70.1 cm³/mol. The van der Waals surface area contributed by atoms with Crippen molar-refractivity contribution in [1.29, 1.82) is 0 Å². The Bertz CT molecular complexity index is 329. The van der Waals surface area contributed by atoms with Crippen molar-refractivity contribution >= 4 is 5.69 Å². The molecule has 0 spiro atoms. The molecular weight excluding hydrogens is 196 g/mol. The number of rotatable bonds is 3. The number of hydrogen-bond donors (Lipinski definition) is 1. The highest BCUT2D eigenvalue weighted by atomic mass is 15.2. The molecule has 1 aromatic rings. The highest BCUT2D eigenvalue weighted by Gasteiger charge is 2.18. The van der Waals surface area contributed by atoms with Gasteiger partial charge in [-0.05, 0) is 43.6 Å². The Hall–Kier alpha value is -1.02. The van der Waals surface area contributed by atoms with E-state index in [1.165, 1.54) is 24.2 Å². The van der Waals surface area contributed by atoms with Gasteiger partial charge in [-0.3, -0.25) is 0 Å². The molecule has 1 heterocycles. The van der Waals surface area contributed by atoms with Crippen LogP contribution in [0.1, 0.15) is 31.7 Å². The van der Waals surface area contributed by atoms with Crippen LogP contribution >= 0.6 is 0 Å². The monoisotopic (exact) mass is 218 g/mol. The maximum absolute atomic E-state index is 3.60. The average molecular weight is 218 g/mol. The van der Waals surface area contributed by atoms with Crippen LogP contribution in [0.4, 0.5) is 5.69 Å². The van der Waals surface area contributed by atoms with Crippen molar-refractivity contribution in [1.82, 2.24) is 4.90 Å². The fraction of sp³-hybridized carbons (Fsp3) is 0.571. The molecule has 1 N–H and O–H groups in total. The van der Waals surface area contributed by atoms with E-state index in [9.17, 15) is 0 Å². The fourth-order valence-electron chi connectivity index (χ4n) is 2.25. The minimum Gasteiger partial charge on any atom is -0.381 e. The van der Waals surface area contributed by atoms with Gasteiger partial charge in [-0.15, -0.1) is 0 Å². The number of likely N-dealkylation sites (tertiary alicyclic amines) is 1. The van der Waals surface area contributed by atoms with Gasteiger partial charge in [0, 0.05) is 18.3 Å². The third kappa shape index (κ3) is 2.76. The maximum Gasteiger partial charge on any atom is 0.0400 e. The van der Waals surface area contributed by atoms with Gasteiger partial charge in [-0.1, -0.05) is 26.0 Å². The molecule has 0 amide bonds. The number of benzene rings is 1. The number of nitrogens with zero attached hydrogens (tertiary/aromatic N) is 1. The Balaban J connectivity index is 1.95. The summed E-state index contributed by atoms with van der Waals surface area (Å²) in [6, 6.07) is 9.48. The first-order valence-electron chi connectivity index (χ1n) is 6.20. The molecule has 16 heavy (non-hydrogen) atoms. The third-order valence-corrected chi connectivity index (χ3v) is 3.34. The number of anilines is 1. The van der Waals surface area contributed by atoms with Gasteiger partial charge in [0.15, 0.2) is 0 Å². The van der Waals surface area contributed by atoms with Crippen molar-refractivity contribution < 1.29 is 0 Å². The summed E-state index contributed by atoms with van der Waals surface area (Å²) in [5, 5.41) is 3.60. The molecular formula is C14H22N2. The molecule has 0 aliphatic carbocycles. The van der Waals surface area contributed by atoms with Crippen molar-refractivity contribution in [2.24, 2.45) is 0 Å². The third-order valence-electron chi connectivity index (χ3n) is 3.34. The first-order chi connectivity index (χ1) is 7.65. The lowest BCUT2D eigenvalue weighted by atomic mass is 10.0. The molecule has 1 fully saturated rings. The van der Waals surface area contributed by atoms with E-state index >= 15 is 0 Å². The van der Waals surface area contributed by atoms with Crippen LogP contribution in [0, 0.1) is 0 Å². The second-order valence-corrected chi connectivity index (χ2v) is 5.17. The Labute approximate surface area is 98.7 Å². The zero-order chi connectivity index (χ0) is 11.5. The minimum absolute atomic E-state index is 0.617. The smallest absolute Gasteiger partial charge is 0.0400 e. The molecule has 1 saturated heterocycles. The molecule has 0 saturated carbocycles. The van der Waals surface area contributed by atoms with Crippen molar-refractivity contribution in [2.45, 2.75) is 32.2 Å².